The second-order valence-electron chi connectivity index (χ2n) is 6.88. The molecule has 134 valence electrons. The van der Waals surface area contributed by atoms with E-state index in [2.05, 4.69) is 41.5 Å². The van der Waals surface area contributed by atoms with Crippen LogP contribution in [-0.4, -0.2) is 32.5 Å². The van der Waals surface area contributed by atoms with Gasteiger partial charge in [0, 0.05) is 6.04 Å². The van der Waals surface area contributed by atoms with E-state index in [-0.39, 0.29) is 5.91 Å². The molecule has 1 N–H and O–H groups in total. The third-order valence-electron chi connectivity index (χ3n) is 4.94. The molecular weight excluding hydrogens is 332 g/mol. The number of aryl methyl sites for hydroxylation is 2. The van der Waals surface area contributed by atoms with Gasteiger partial charge in [-0.05, 0) is 44.2 Å². The minimum absolute atomic E-state index is 0.0840. The van der Waals surface area contributed by atoms with Gasteiger partial charge in [0.05, 0.1) is 11.4 Å². The van der Waals surface area contributed by atoms with Gasteiger partial charge < -0.3 is 5.32 Å². The first kappa shape index (κ1) is 18.0. The maximum absolute atomic E-state index is 12.4. The number of hydrogen-bond donors (Lipinski definition) is 1. The third-order valence-corrected chi connectivity index (χ3v) is 5.87. The fourth-order valence-electron chi connectivity index (χ4n) is 3.44. The SMILES string of the molecule is Cc1ccccc1-n1c(C)nnc1SCC(=O)N[C@H]1CCCC[C@@H]1C. The zero-order valence-corrected chi connectivity index (χ0v) is 16.0. The minimum Gasteiger partial charge on any atom is -0.352 e. The van der Waals surface area contributed by atoms with Gasteiger partial charge in [0.2, 0.25) is 5.91 Å². The van der Waals surface area contributed by atoms with E-state index in [1.165, 1.54) is 31.0 Å². The lowest BCUT2D eigenvalue weighted by molar-refractivity contribution is -0.119. The third kappa shape index (κ3) is 4.24. The van der Waals surface area contributed by atoms with Crippen LogP contribution in [0.3, 0.4) is 0 Å². The van der Waals surface area contributed by atoms with Crippen molar-refractivity contribution in [2.24, 2.45) is 5.92 Å². The van der Waals surface area contributed by atoms with Crippen LogP contribution < -0.4 is 5.32 Å². The zero-order valence-electron chi connectivity index (χ0n) is 15.2. The Labute approximate surface area is 153 Å². The van der Waals surface area contributed by atoms with Crippen molar-refractivity contribution in [3.8, 4) is 5.69 Å². The number of para-hydroxylation sites is 1. The lowest BCUT2D eigenvalue weighted by Crippen LogP contribution is -2.41. The van der Waals surface area contributed by atoms with Crippen molar-refractivity contribution in [2.75, 3.05) is 5.75 Å². The monoisotopic (exact) mass is 358 g/mol. The quantitative estimate of drug-likeness (QED) is 0.829. The highest BCUT2D eigenvalue weighted by Crippen LogP contribution is 2.25. The summed E-state index contributed by atoms with van der Waals surface area (Å²) < 4.78 is 2.02. The van der Waals surface area contributed by atoms with E-state index in [0.717, 1.165) is 28.7 Å². The lowest BCUT2D eigenvalue weighted by Gasteiger charge is -2.29. The topological polar surface area (TPSA) is 59.8 Å². The largest absolute Gasteiger partial charge is 0.352 e. The first-order valence-corrected chi connectivity index (χ1v) is 9.95. The second kappa shape index (κ2) is 8.04. The van der Waals surface area contributed by atoms with E-state index in [1.54, 1.807) is 0 Å². The molecule has 2 atom stereocenters. The minimum atomic E-state index is 0.0840. The van der Waals surface area contributed by atoms with Crippen LogP contribution in [0, 0.1) is 19.8 Å². The number of aromatic nitrogens is 3. The Hall–Kier alpha value is -1.82. The number of benzene rings is 1. The zero-order chi connectivity index (χ0) is 17.8. The maximum atomic E-state index is 12.4. The van der Waals surface area contributed by atoms with Crippen molar-refractivity contribution >= 4 is 17.7 Å². The molecule has 0 unspecified atom stereocenters. The van der Waals surface area contributed by atoms with E-state index >= 15 is 0 Å². The van der Waals surface area contributed by atoms with Crippen LogP contribution in [0.15, 0.2) is 29.4 Å². The van der Waals surface area contributed by atoms with Gasteiger partial charge in [-0.1, -0.05) is 49.7 Å². The summed E-state index contributed by atoms with van der Waals surface area (Å²) in [6.07, 6.45) is 4.79. The molecule has 3 rings (SSSR count). The number of amides is 1. The van der Waals surface area contributed by atoms with Gasteiger partial charge in [0.1, 0.15) is 5.82 Å². The standard InChI is InChI=1S/C19H26N4OS/c1-13-8-4-6-10-16(13)20-18(24)12-25-19-22-21-15(3)23(19)17-11-7-5-9-14(17)2/h5,7,9,11,13,16H,4,6,8,10,12H2,1-3H3,(H,20,24)/t13-,16-/m0/s1. The molecule has 1 aliphatic rings. The molecule has 2 aromatic rings. The molecule has 0 saturated heterocycles. The predicted molar refractivity (Wildman–Crippen MR) is 101 cm³/mol. The van der Waals surface area contributed by atoms with Crippen LogP contribution in [0.4, 0.5) is 0 Å². The number of hydrogen-bond acceptors (Lipinski definition) is 4. The Balaban J connectivity index is 1.66. The molecule has 5 nitrogen and oxygen atoms in total. The first-order valence-electron chi connectivity index (χ1n) is 8.96. The number of rotatable bonds is 5. The van der Waals surface area contributed by atoms with Gasteiger partial charge in [0.25, 0.3) is 0 Å². The lowest BCUT2D eigenvalue weighted by atomic mass is 9.86. The molecule has 1 saturated carbocycles. The van der Waals surface area contributed by atoms with Crippen LogP contribution in [-0.2, 0) is 4.79 Å². The summed E-state index contributed by atoms with van der Waals surface area (Å²) in [5, 5.41) is 12.4. The molecule has 0 radical (unpaired) electrons. The average Bonchev–Trinajstić information content (AvgIpc) is 2.96. The van der Waals surface area contributed by atoms with Gasteiger partial charge in [0.15, 0.2) is 5.16 Å². The maximum Gasteiger partial charge on any atom is 0.230 e. The number of carbonyl (C=O) groups excluding carboxylic acids is 1. The molecule has 1 aromatic carbocycles. The van der Waals surface area contributed by atoms with Crippen molar-refractivity contribution in [3.63, 3.8) is 0 Å². The number of thioether (sulfide) groups is 1. The number of carbonyl (C=O) groups is 1. The van der Waals surface area contributed by atoms with Gasteiger partial charge in [-0.15, -0.1) is 10.2 Å². The van der Waals surface area contributed by atoms with Crippen molar-refractivity contribution in [1.82, 2.24) is 20.1 Å². The second-order valence-corrected chi connectivity index (χ2v) is 7.82. The predicted octanol–water partition coefficient (Wildman–Crippen LogP) is 3.67. The Morgan fingerprint density at radius 2 is 2.00 bits per heavy atom. The fraction of sp³-hybridized carbons (Fsp3) is 0.526. The summed E-state index contributed by atoms with van der Waals surface area (Å²) in [6.45, 7) is 6.24. The fourth-order valence-corrected chi connectivity index (χ4v) is 4.24. The van der Waals surface area contributed by atoms with E-state index < -0.39 is 0 Å². The Bertz CT molecular complexity index is 743. The van der Waals surface area contributed by atoms with E-state index in [1.807, 2.05) is 23.6 Å². The van der Waals surface area contributed by atoms with Crippen LogP contribution in [0.25, 0.3) is 5.69 Å². The number of nitrogens with one attached hydrogen (secondary N) is 1. The smallest absolute Gasteiger partial charge is 0.230 e. The summed E-state index contributed by atoms with van der Waals surface area (Å²) in [4.78, 5) is 12.4. The molecule has 0 bridgehead atoms. The highest BCUT2D eigenvalue weighted by Gasteiger charge is 2.23. The summed E-state index contributed by atoms with van der Waals surface area (Å²) in [5.41, 5.74) is 2.22. The van der Waals surface area contributed by atoms with Crippen LogP contribution >= 0.6 is 11.8 Å². The molecule has 25 heavy (non-hydrogen) atoms. The van der Waals surface area contributed by atoms with Gasteiger partial charge in [-0.3, -0.25) is 9.36 Å². The van der Waals surface area contributed by atoms with E-state index in [9.17, 15) is 4.79 Å². The summed E-state index contributed by atoms with van der Waals surface area (Å²) in [6, 6.07) is 8.47. The van der Waals surface area contributed by atoms with Gasteiger partial charge in [-0.2, -0.15) is 0 Å². The molecule has 1 aliphatic carbocycles. The van der Waals surface area contributed by atoms with E-state index in [4.69, 9.17) is 0 Å². The highest BCUT2D eigenvalue weighted by molar-refractivity contribution is 7.99. The molecule has 0 spiro atoms. The summed E-state index contributed by atoms with van der Waals surface area (Å²) in [5.74, 6) is 1.85. The van der Waals surface area contributed by atoms with Gasteiger partial charge in [-0.25, -0.2) is 0 Å². The summed E-state index contributed by atoms with van der Waals surface area (Å²) >= 11 is 1.45. The molecule has 6 heteroatoms. The Kier molecular flexibility index (Phi) is 5.78. The van der Waals surface area contributed by atoms with Gasteiger partial charge >= 0.3 is 0 Å². The molecule has 1 amide bonds. The number of nitrogens with zero attached hydrogens (tertiary/aromatic N) is 3. The molecule has 0 aliphatic heterocycles. The first-order chi connectivity index (χ1) is 12.1. The summed E-state index contributed by atoms with van der Waals surface area (Å²) in [7, 11) is 0. The van der Waals surface area contributed by atoms with Crippen LogP contribution in [0.5, 0.6) is 0 Å². The average molecular weight is 359 g/mol. The van der Waals surface area contributed by atoms with Crippen molar-refractivity contribution in [3.05, 3.63) is 35.7 Å². The molecule has 1 aromatic heterocycles. The van der Waals surface area contributed by atoms with E-state index in [0.29, 0.717) is 17.7 Å². The highest BCUT2D eigenvalue weighted by atomic mass is 32.2. The van der Waals surface area contributed by atoms with Crippen molar-refractivity contribution in [2.45, 2.75) is 57.7 Å². The normalized spacial score (nSPS) is 20.4. The molecule has 1 heterocycles. The van der Waals surface area contributed by atoms with Crippen LogP contribution in [0.2, 0.25) is 0 Å². The van der Waals surface area contributed by atoms with Crippen molar-refractivity contribution < 1.29 is 4.79 Å². The molecular formula is C19H26N4OS. The van der Waals surface area contributed by atoms with Crippen molar-refractivity contribution in [1.29, 1.82) is 0 Å². The molecule has 1 fully saturated rings. The Morgan fingerprint density at radius 1 is 1.24 bits per heavy atom. The Morgan fingerprint density at radius 3 is 2.76 bits per heavy atom. The van der Waals surface area contributed by atoms with Crippen LogP contribution in [0.1, 0.15) is 44.0 Å².